The van der Waals surface area contributed by atoms with E-state index < -0.39 is 5.92 Å². The van der Waals surface area contributed by atoms with Gasteiger partial charge in [0.15, 0.2) is 0 Å². The van der Waals surface area contributed by atoms with Crippen LogP contribution in [0.2, 0.25) is 0 Å². The van der Waals surface area contributed by atoms with Gasteiger partial charge in [0.25, 0.3) is 5.92 Å². The number of anilines is 1. The number of piperazine rings is 1. The SMILES string of the molecule is CN1CCN(c2cccc3[nH]c(-c4n[nH]c5ccc(-c6cncc(CN7CCC(F)(F)C7)c6)nc45)cc23)CC1. The fourth-order valence-electron chi connectivity index (χ4n) is 5.75. The highest BCUT2D eigenvalue weighted by atomic mass is 19.3. The number of H-pyrrole nitrogens is 2. The van der Waals surface area contributed by atoms with Crippen molar-refractivity contribution in [1.82, 2.24) is 34.9 Å². The molecular formula is C29H30F2N8. The Kier molecular flexibility index (Phi) is 5.82. The summed E-state index contributed by atoms with van der Waals surface area (Å²) in [4.78, 5) is 19.5. The lowest BCUT2D eigenvalue weighted by Crippen LogP contribution is -2.44. The molecule has 0 bridgehead atoms. The highest BCUT2D eigenvalue weighted by Gasteiger charge is 2.37. The first-order valence-corrected chi connectivity index (χ1v) is 13.4. The summed E-state index contributed by atoms with van der Waals surface area (Å²) in [6, 6.07) is 14.4. The molecule has 4 aromatic heterocycles. The molecule has 0 atom stereocenters. The summed E-state index contributed by atoms with van der Waals surface area (Å²) < 4.78 is 27.3. The Bertz CT molecular complexity index is 1650. The topological polar surface area (TPSA) is 80.0 Å². The number of fused-ring (bicyclic) bond motifs is 2. The number of benzene rings is 1. The quantitative estimate of drug-likeness (QED) is 0.343. The summed E-state index contributed by atoms with van der Waals surface area (Å²) in [5.41, 5.74) is 8.09. The second-order valence-electron chi connectivity index (χ2n) is 10.8. The summed E-state index contributed by atoms with van der Waals surface area (Å²) in [5, 5.41) is 8.91. The second kappa shape index (κ2) is 9.39. The molecule has 6 heterocycles. The number of aromatic nitrogens is 5. The normalized spacial score (nSPS) is 18.5. The standard InChI is InChI=1S/C29H30F2N8/c1-37-9-11-39(12-10-37)26-4-2-3-23-21(26)14-25(33-23)28-27-24(35-36-28)6-5-22(34-27)20-13-19(15-32-16-20)17-38-8-7-29(30,31)18-38/h2-6,13-16,33H,7-12,17-18H2,1H3,(H,35,36). The Morgan fingerprint density at radius 1 is 0.974 bits per heavy atom. The number of nitrogens with zero attached hydrogens (tertiary/aromatic N) is 6. The van der Waals surface area contributed by atoms with Gasteiger partial charge in [-0.2, -0.15) is 5.10 Å². The molecule has 1 aromatic carbocycles. The summed E-state index contributed by atoms with van der Waals surface area (Å²) in [7, 11) is 2.16. The molecule has 0 radical (unpaired) electrons. The van der Waals surface area contributed by atoms with Gasteiger partial charge in [0.05, 0.1) is 23.4 Å². The Labute approximate surface area is 224 Å². The molecule has 0 unspecified atom stereocenters. The zero-order valence-corrected chi connectivity index (χ0v) is 21.8. The maximum Gasteiger partial charge on any atom is 0.261 e. The van der Waals surface area contributed by atoms with Crippen LogP contribution >= 0.6 is 0 Å². The number of alkyl halides is 2. The van der Waals surface area contributed by atoms with Crippen LogP contribution < -0.4 is 4.90 Å². The molecular weight excluding hydrogens is 498 g/mol. The number of likely N-dealkylation sites (N-methyl/N-ethyl adjacent to an activating group) is 1. The molecule has 7 rings (SSSR count). The van der Waals surface area contributed by atoms with Crippen molar-refractivity contribution in [3.8, 4) is 22.6 Å². The van der Waals surface area contributed by atoms with E-state index in [1.54, 1.807) is 17.3 Å². The number of halogens is 2. The third-order valence-corrected chi connectivity index (χ3v) is 7.89. The maximum atomic E-state index is 13.7. The van der Waals surface area contributed by atoms with Crippen molar-refractivity contribution in [2.24, 2.45) is 0 Å². The largest absolute Gasteiger partial charge is 0.368 e. The molecule has 39 heavy (non-hydrogen) atoms. The van der Waals surface area contributed by atoms with Gasteiger partial charge < -0.3 is 14.8 Å². The lowest BCUT2D eigenvalue weighted by Gasteiger charge is -2.34. The number of likely N-dealkylation sites (tertiary alicyclic amines) is 1. The van der Waals surface area contributed by atoms with Gasteiger partial charge in [-0.25, -0.2) is 13.8 Å². The molecule has 2 aliphatic heterocycles. The summed E-state index contributed by atoms with van der Waals surface area (Å²) in [5.74, 6) is -2.61. The maximum absolute atomic E-state index is 13.7. The van der Waals surface area contributed by atoms with Crippen molar-refractivity contribution in [2.75, 3.05) is 51.2 Å². The Morgan fingerprint density at radius 2 is 1.85 bits per heavy atom. The number of aromatic amines is 2. The molecule has 8 nitrogen and oxygen atoms in total. The van der Waals surface area contributed by atoms with E-state index in [4.69, 9.17) is 4.98 Å². The molecule has 2 aliphatic rings. The summed E-state index contributed by atoms with van der Waals surface area (Å²) >= 11 is 0. The van der Waals surface area contributed by atoms with Gasteiger partial charge in [0, 0.05) is 80.2 Å². The fraction of sp³-hybridized carbons (Fsp3) is 0.345. The highest BCUT2D eigenvalue weighted by Crippen LogP contribution is 2.34. The van der Waals surface area contributed by atoms with E-state index >= 15 is 0 Å². The summed E-state index contributed by atoms with van der Waals surface area (Å²) in [6.45, 7) is 4.72. The van der Waals surface area contributed by atoms with Crippen LogP contribution in [0.3, 0.4) is 0 Å². The monoisotopic (exact) mass is 528 g/mol. The molecule has 0 spiro atoms. The summed E-state index contributed by atoms with van der Waals surface area (Å²) in [6.07, 6.45) is 3.41. The predicted molar refractivity (Wildman–Crippen MR) is 149 cm³/mol. The highest BCUT2D eigenvalue weighted by molar-refractivity contribution is 5.99. The average molecular weight is 529 g/mol. The van der Waals surface area contributed by atoms with Crippen LogP contribution in [0.5, 0.6) is 0 Å². The minimum Gasteiger partial charge on any atom is -0.368 e. The first-order chi connectivity index (χ1) is 18.9. The van der Waals surface area contributed by atoms with Gasteiger partial charge in [-0.05, 0) is 49.0 Å². The van der Waals surface area contributed by atoms with Crippen molar-refractivity contribution < 1.29 is 8.78 Å². The zero-order chi connectivity index (χ0) is 26.6. The van der Waals surface area contributed by atoms with Crippen LogP contribution in [-0.2, 0) is 6.54 Å². The average Bonchev–Trinajstić information content (AvgIpc) is 3.64. The van der Waals surface area contributed by atoms with Gasteiger partial charge >= 0.3 is 0 Å². The molecule has 0 aliphatic carbocycles. The Morgan fingerprint density at radius 3 is 2.67 bits per heavy atom. The minimum absolute atomic E-state index is 0.0910. The van der Waals surface area contributed by atoms with Gasteiger partial charge in [-0.1, -0.05) is 6.07 Å². The van der Waals surface area contributed by atoms with Gasteiger partial charge in [0.2, 0.25) is 0 Å². The molecule has 2 saturated heterocycles. The number of hydrogen-bond donors (Lipinski definition) is 2. The molecule has 200 valence electrons. The van der Waals surface area contributed by atoms with Gasteiger partial charge in [-0.3, -0.25) is 15.0 Å². The minimum atomic E-state index is -2.61. The molecule has 2 fully saturated rings. The van der Waals surface area contributed by atoms with Crippen LogP contribution in [0.25, 0.3) is 44.6 Å². The first kappa shape index (κ1) is 24.2. The van der Waals surface area contributed by atoms with E-state index in [1.165, 1.54) is 11.1 Å². The molecule has 5 aromatic rings. The fourth-order valence-corrected chi connectivity index (χ4v) is 5.75. The third-order valence-electron chi connectivity index (χ3n) is 7.89. The van der Waals surface area contributed by atoms with E-state index in [2.05, 4.69) is 61.3 Å². The third kappa shape index (κ3) is 4.63. The first-order valence-electron chi connectivity index (χ1n) is 13.4. The number of nitrogens with one attached hydrogen (secondary N) is 2. The van der Waals surface area contributed by atoms with Crippen LogP contribution in [0, 0.1) is 0 Å². The Balaban J connectivity index is 1.21. The number of pyridine rings is 2. The van der Waals surface area contributed by atoms with Crippen LogP contribution in [0.1, 0.15) is 12.0 Å². The molecule has 2 N–H and O–H groups in total. The smallest absolute Gasteiger partial charge is 0.261 e. The van der Waals surface area contributed by atoms with E-state index in [1.807, 2.05) is 18.2 Å². The van der Waals surface area contributed by atoms with E-state index in [0.717, 1.165) is 70.9 Å². The lowest BCUT2D eigenvalue weighted by molar-refractivity contribution is 0.0115. The van der Waals surface area contributed by atoms with Crippen molar-refractivity contribution in [3.63, 3.8) is 0 Å². The molecule has 10 heteroatoms. The Hall–Kier alpha value is -3.89. The van der Waals surface area contributed by atoms with Crippen LogP contribution in [-0.4, -0.2) is 87.2 Å². The second-order valence-corrected chi connectivity index (χ2v) is 10.8. The van der Waals surface area contributed by atoms with Crippen molar-refractivity contribution in [1.29, 1.82) is 0 Å². The van der Waals surface area contributed by atoms with E-state index in [9.17, 15) is 8.78 Å². The van der Waals surface area contributed by atoms with E-state index in [-0.39, 0.29) is 13.0 Å². The molecule has 0 saturated carbocycles. The van der Waals surface area contributed by atoms with E-state index in [0.29, 0.717) is 13.1 Å². The lowest BCUT2D eigenvalue weighted by atomic mass is 10.1. The number of hydrogen-bond acceptors (Lipinski definition) is 6. The zero-order valence-electron chi connectivity index (χ0n) is 21.8. The van der Waals surface area contributed by atoms with Gasteiger partial charge in [0.1, 0.15) is 11.2 Å². The molecule has 0 amide bonds. The van der Waals surface area contributed by atoms with Gasteiger partial charge in [-0.15, -0.1) is 0 Å². The van der Waals surface area contributed by atoms with Crippen molar-refractivity contribution >= 4 is 27.6 Å². The van der Waals surface area contributed by atoms with Crippen LogP contribution in [0.4, 0.5) is 14.5 Å². The van der Waals surface area contributed by atoms with Crippen molar-refractivity contribution in [3.05, 3.63) is 60.4 Å². The van der Waals surface area contributed by atoms with Crippen molar-refractivity contribution in [2.45, 2.75) is 18.9 Å². The van der Waals surface area contributed by atoms with Crippen LogP contribution in [0.15, 0.2) is 54.9 Å². The predicted octanol–water partition coefficient (Wildman–Crippen LogP) is 4.76. The number of rotatable bonds is 5.